The van der Waals surface area contributed by atoms with E-state index >= 15 is 0 Å². The molecule has 2 aromatic rings. The Labute approximate surface area is 163 Å². The van der Waals surface area contributed by atoms with E-state index in [2.05, 4.69) is 10.2 Å². The number of hydrogen-bond donors (Lipinski definition) is 1. The molecule has 2 aliphatic rings. The van der Waals surface area contributed by atoms with Crippen LogP contribution in [0.4, 0.5) is 4.39 Å². The zero-order chi connectivity index (χ0) is 19.6. The first-order chi connectivity index (χ1) is 13.5. The highest BCUT2D eigenvalue weighted by molar-refractivity contribution is 7.86. The molecule has 2 aliphatic heterocycles. The van der Waals surface area contributed by atoms with E-state index in [1.165, 1.54) is 20.7 Å². The molecule has 0 radical (unpaired) electrons. The fourth-order valence-electron chi connectivity index (χ4n) is 3.47. The van der Waals surface area contributed by atoms with Crippen LogP contribution < -0.4 is 4.74 Å². The van der Waals surface area contributed by atoms with Gasteiger partial charge in [-0.3, -0.25) is 5.10 Å². The summed E-state index contributed by atoms with van der Waals surface area (Å²) in [5.41, 5.74) is 1.62. The van der Waals surface area contributed by atoms with Crippen LogP contribution in [0.25, 0.3) is 0 Å². The van der Waals surface area contributed by atoms with E-state index in [0.29, 0.717) is 45.1 Å². The second kappa shape index (κ2) is 8.16. The average Bonchev–Trinajstić information content (AvgIpc) is 3.38. The van der Waals surface area contributed by atoms with Gasteiger partial charge >= 0.3 is 0 Å². The molecule has 1 aromatic heterocycles. The number of benzene rings is 1. The molecule has 0 spiro atoms. The van der Waals surface area contributed by atoms with Gasteiger partial charge in [0.1, 0.15) is 18.2 Å². The Hall–Kier alpha value is -2.01. The SMILES string of the molecule is O=S(=O)(N1CCOCC1)N1CC[C@H](c2cc(COc3ccc(F)cc3)[nH]n2)C1. The van der Waals surface area contributed by atoms with Crippen LogP contribution in [-0.4, -0.2) is 66.6 Å². The van der Waals surface area contributed by atoms with Crippen molar-refractivity contribution < 1.29 is 22.3 Å². The summed E-state index contributed by atoms with van der Waals surface area (Å²) in [7, 11) is -3.45. The molecule has 1 N–H and O–H groups in total. The number of aromatic amines is 1. The van der Waals surface area contributed by atoms with E-state index in [9.17, 15) is 12.8 Å². The van der Waals surface area contributed by atoms with Gasteiger partial charge in [-0.05, 0) is 36.8 Å². The number of hydrogen-bond acceptors (Lipinski definition) is 5. The van der Waals surface area contributed by atoms with Crippen LogP contribution in [0.3, 0.4) is 0 Å². The lowest BCUT2D eigenvalue weighted by Gasteiger charge is -2.30. The van der Waals surface area contributed by atoms with Gasteiger partial charge in [0.05, 0.1) is 24.6 Å². The number of nitrogens with one attached hydrogen (secondary N) is 1. The molecule has 2 fully saturated rings. The molecule has 3 heterocycles. The molecule has 0 amide bonds. The highest BCUT2D eigenvalue weighted by atomic mass is 32.2. The summed E-state index contributed by atoms with van der Waals surface area (Å²) in [5, 5.41) is 7.27. The largest absolute Gasteiger partial charge is 0.487 e. The van der Waals surface area contributed by atoms with Crippen molar-refractivity contribution in [1.29, 1.82) is 0 Å². The number of morpholine rings is 1. The minimum Gasteiger partial charge on any atom is -0.487 e. The molecule has 1 atom stereocenters. The van der Waals surface area contributed by atoms with Crippen molar-refractivity contribution in [3.63, 3.8) is 0 Å². The lowest BCUT2D eigenvalue weighted by Crippen LogP contribution is -2.47. The summed E-state index contributed by atoms with van der Waals surface area (Å²) in [6, 6.07) is 7.72. The Kier molecular flexibility index (Phi) is 5.63. The standard InChI is InChI=1S/C18H23FN4O4S/c19-15-1-3-17(4-2-15)27-13-16-11-18(21-20-16)14-5-6-23(12-14)28(24,25)22-7-9-26-10-8-22/h1-4,11,14H,5-10,12-13H2,(H,20,21)/t14-/m0/s1. The van der Waals surface area contributed by atoms with Crippen molar-refractivity contribution in [3.05, 3.63) is 47.5 Å². The number of halogens is 1. The quantitative estimate of drug-likeness (QED) is 0.780. The van der Waals surface area contributed by atoms with Crippen molar-refractivity contribution in [3.8, 4) is 5.75 Å². The zero-order valence-corrected chi connectivity index (χ0v) is 16.2. The molecule has 4 rings (SSSR count). The molecule has 0 unspecified atom stereocenters. The number of H-pyrrole nitrogens is 1. The second-order valence-corrected chi connectivity index (χ2v) is 8.85. The van der Waals surface area contributed by atoms with Crippen molar-refractivity contribution in [1.82, 2.24) is 18.8 Å². The van der Waals surface area contributed by atoms with Gasteiger partial charge in [0, 0.05) is 32.1 Å². The first-order valence-corrected chi connectivity index (χ1v) is 10.7. The maximum absolute atomic E-state index is 12.9. The third kappa shape index (κ3) is 4.19. The normalized spacial score (nSPS) is 21.8. The van der Waals surface area contributed by atoms with Crippen LogP contribution in [0.2, 0.25) is 0 Å². The predicted octanol–water partition coefficient (Wildman–Crippen LogP) is 1.49. The van der Waals surface area contributed by atoms with Crippen LogP contribution >= 0.6 is 0 Å². The van der Waals surface area contributed by atoms with Crippen molar-refractivity contribution >= 4 is 10.2 Å². The number of rotatable bonds is 6. The minimum absolute atomic E-state index is 0.0478. The smallest absolute Gasteiger partial charge is 0.282 e. The lowest BCUT2D eigenvalue weighted by atomic mass is 10.1. The molecule has 2 saturated heterocycles. The van der Waals surface area contributed by atoms with Crippen LogP contribution in [0.15, 0.2) is 30.3 Å². The number of aromatic nitrogens is 2. The van der Waals surface area contributed by atoms with Crippen LogP contribution in [0.1, 0.15) is 23.7 Å². The van der Waals surface area contributed by atoms with Gasteiger partial charge in [-0.2, -0.15) is 22.1 Å². The van der Waals surface area contributed by atoms with Crippen LogP contribution in [-0.2, 0) is 21.6 Å². The molecule has 1 aromatic carbocycles. The molecule has 28 heavy (non-hydrogen) atoms. The van der Waals surface area contributed by atoms with Gasteiger partial charge in [-0.15, -0.1) is 0 Å². The predicted molar refractivity (Wildman–Crippen MR) is 99.6 cm³/mol. The summed E-state index contributed by atoms with van der Waals surface area (Å²) in [6.07, 6.45) is 0.729. The first-order valence-electron chi connectivity index (χ1n) is 9.28. The molecule has 10 heteroatoms. The molecule has 0 bridgehead atoms. The van der Waals surface area contributed by atoms with Crippen molar-refractivity contribution in [2.75, 3.05) is 39.4 Å². The Morgan fingerprint density at radius 2 is 1.93 bits per heavy atom. The van der Waals surface area contributed by atoms with E-state index in [1.807, 2.05) is 6.07 Å². The maximum Gasteiger partial charge on any atom is 0.282 e. The topological polar surface area (TPSA) is 87.8 Å². The fourth-order valence-corrected chi connectivity index (χ4v) is 5.12. The van der Waals surface area contributed by atoms with E-state index in [4.69, 9.17) is 9.47 Å². The summed E-state index contributed by atoms with van der Waals surface area (Å²) >= 11 is 0. The van der Waals surface area contributed by atoms with E-state index in [1.54, 1.807) is 12.1 Å². The minimum atomic E-state index is -3.45. The Balaban J connectivity index is 1.35. The van der Waals surface area contributed by atoms with Gasteiger partial charge in [-0.1, -0.05) is 0 Å². The Bertz CT molecular complexity index is 897. The Morgan fingerprint density at radius 3 is 2.68 bits per heavy atom. The third-order valence-electron chi connectivity index (χ3n) is 5.05. The maximum atomic E-state index is 12.9. The van der Waals surface area contributed by atoms with Gasteiger partial charge in [0.2, 0.25) is 0 Å². The zero-order valence-electron chi connectivity index (χ0n) is 15.4. The molecule has 0 saturated carbocycles. The summed E-state index contributed by atoms with van der Waals surface area (Å²) in [4.78, 5) is 0. The third-order valence-corrected chi connectivity index (χ3v) is 7.05. The van der Waals surface area contributed by atoms with E-state index < -0.39 is 10.2 Å². The first kappa shape index (κ1) is 19.3. The van der Waals surface area contributed by atoms with Crippen molar-refractivity contribution in [2.24, 2.45) is 0 Å². The average molecular weight is 410 g/mol. The summed E-state index contributed by atoms with van der Waals surface area (Å²) < 4.78 is 52.4. The van der Waals surface area contributed by atoms with E-state index in [-0.39, 0.29) is 18.3 Å². The monoisotopic (exact) mass is 410 g/mol. The highest BCUT2D eigenvalue weighted by Crippen LogP contribution is 2.29. The van der Waals surface area contributed by atoms with Gasteiger partial charge in [0.25, 0.3) is 10.2 Å². The molecule has 152 valence electrons. The van der Waals surface area contributed by atoms with Gasteiger partial charge in [0.15, 0.2) is 0 Å². The van der Waals surface area contributed by atoms with Crippen molar-refractivity contribution in [2.45, 2.75) is 18.9 Å². The summed E-state index contributed by atoms with van der Waals surface area (Å²) in [6.45, 7) is 2.86. The highest BCUT2D eigenvalue weighted by Gasteiger charge is 2.37. The Morgan fingerprint density at radius 1 is 1.18 bits per heavy atom. The molecular formula is C18H23FN4O4S. The lowest BCUT2D eigenvalue weighted by molar-refractivity contribution is 0.0705. The molecule has 8 nitrogen and oxygen atoms in total. The van der Waals surface area contributed by atoms with Gasteiger partial charge in [-0.25, -0.2) is 4.39 Å². The molecule has 0 aliphatic carbocycles. The number of ether oxygens (including phenoxy) is 2. The number of nitrogens with zero attached hydrogens (tertiary/aromatic N) is 3. The molecular weight excluding hydrogens is 387 g/mol. The fraction of sp³-hybridized carbons (Fsp3) is 0.500. The summed E-state index contributed by atoms with van der Waals surface area (Å²) in [5.74, 6) is 0.307. The van der Waals surface area contributed by atoms with E-state index in [0.717, 1.165) is 17.8 Å². The van der Waals surface area contributed by atoms with Gasteiger partial charge < -0.3 is 9.47 Å². The second-order valence-electron chi connectivity index (χ2n) is 6.92. The van der Waals surface area contributed by atoms with Crippen LogP contribution in [0, 0.1) is 5.82 Å². The van der Waals surface area contributed by atoms with Crippen LogP contribution in [0.5, 0.6) is 5.75 Å².